The number of benzene rings is 1. The molecule has 0 heterocycles. The van der Waals surface area contributed by atoms with Gasteiger partial charge in [-0.25, -0.2) is 0 Å². The van der Waals surface area contributed by atoms with E-state index in [0.717, 1.165) is 42.6 Å². The second-order valence-electron chi connectivity index (χ2n) is 8.50. The van der Waals surface area contributed by atoms with Crippen molar-refractivity contribution in [2.45, 2.75) is 44.6 Å². The number of amides is 1. The third-order valence-electron chi connectivity index (χ3n) is 6.58. The van der Waals surface area contributed by atoms with Crippen molar-refractivity contribution in [2.75, 3.05) is 13.1 Å². The van der Waals surface area contributed by atoms with Gasteiger partial charge in [0, 0.05) is 5.41 Å². The highest BCUT2D eigenvalue weighted by Gasteiger charge is 2.54. The number of esters is 1. The summed E-state index contributed by atoms with van der Waals surface area (Å²) >= 11 is 0. The molecule has 1 aromatic rings. The third-order valence-corrected chi connectivity index (χ3v) is 6.58. The number of carbonyl (C=O) groups is 2. The highest BCUT2D eigenvalue weighted by atomic mass is 35.5. The van der Waals surface area contributed by atoms with Crippen LogP contribution in [0, 0.1) is 23.2 Å². The topological polar surface area (TPSA) is 81.4 Å². The van der Waals surface area contributed by atoms with Gasteiger partial charge in [0.1, 0.15) is 6.10 Å². The van der Waals surface area contributed by atoms with E-state index in [1.165, 1.54) is 19.3 Å². The Morgan fingerprint density at radius 3 is 2.15 bits per heavy atom. The van der Waals surface area contributed by atoms with Crippen molar-refractivity contribution in [1.29, 1.82) is 0 Å². The lowest BCUT2D eigenvalue weighted by atomic mass is 9.49. The number of halogens is 1. The maximum atomic E-state index is 13.1. The predicted octanol–water partition coefficient (Wildman–Crippen LogP) is 2.98. The normalized spacial score (nSPS) is 31.7. The van der Waals surface area contributed by atoms with Gasteiger partial charge in [-0.3, -0.25) is 9.59 Å². The van der Waals surface area contributed by atoms with Gasteiger partial charge < -0.3 is 15.8 Å². The Morgan fingerprint density at radius 1 is 1.07 bits per heavy atom. The van der Waals surface area contributed by atoms with Crippen LogP contribution in [-0.4, -0.2) is 25.0 Å². The largest absolute Gasteiger partial charge is 0.455 e. The molecule has 0 spiro atoms. The summed E-state index contributed by atoms with van der Waals surface area (Å²) in [6.45, 7) is 0.141. The van der Waals surface area contributed by atoms with Gasteiger partial charge in [-0.15, -0.1) is 12.4 Å². The highest BCUT2D eigenvalue weighted by Crippen LogP contribution is 2.60. The number of nitrogens with two attached hydrogens (primary N) is 1. The fourth-order valence-electron chi connectivity index (χ4n) is 5.86. The highest BCUT2D eigenvalue weighted by molar-refractivity contribution is 5.85. The zero-order chi connectivity index (χ0) is 18.1. The fraction of sp³-hybridized carbons (Fsp3) is 0.619. The molecular formula is C21H29ClN2O3. The van der Waals surface area contributed by atoms with Crippen LogP contribution in [-0.2, 0) is 14.3 Å². The molecular weight excluding hydrogens is 364 g/mol. The van der Waals surface area contributed by atoms with Crippen LogP contribution >= 0.6 is 12.4 Å². The van der Waals surface area contributed by atoms with Crippen LogP contribution in [0.5, 0.6) is 0 Å². The number of hydrogen-bond donors (Lipinski definition) is 2. The molecule has 1 aromatic carbocycles. The van der Waals surface area contributed by atoms with Crippen molar-refractivity contribution in [3.05, 3.63) is 35.9 Å². The van der Waals surface area contributed by atoms with Gasteiger partial charge in [0.2, 0.25) is 5.91 Å². The molecule has 4 aliphatic carbocycles. The monoisotopic (exact) mass is 392 g/mol. The maximum absolute atomic E-state index is 13.1. The molecule has 0 radical (unpaired) electrons. The summed E-state index contributed by atoms with van der Waals surface area (Å²) in [6, 6.07) is 9.54. The molecule has 0 aromatic heterocycles. The molecule has 4 fully saturated rings. The summed E-state index contributed by atoms with van der Waals surface area (Å²) in [7, 11) is 0. The first-order valence-electron chi connectivity index (χ1n) is 9.81. The van der Waals surface area contributed by atoms with Crippen LogP contribution in [0.3, 0.4) is 0 Å². The van der Waals surface area contributed by atoms with E-state index in [1.54, 1.807) is 0 Å². The third kappa shape index (κ3) is 4.14. The smallest absolute Gasteiger partial charge is 0.320 e. The molecule has 4 saturated carbocycles. The number of ether oxygens (including phenoxy) is 1. The van der Waals surface area contributed by atoms with E-state index in [-0.39, 0.29) is 30.3 Å². The Hall–Kier alpha value is -1.59. The van der Waals surface area contributed by atoms with E-state index in [1.807, 2.05) is 30.3 Å². The van der Waals surface area contributed by atoms with Crippen LogP contribution in [0.1, 0.15) is 50.2 Å². The first-order chi connectivity index (χ1) is 12.6. The van der Waals surface area contributed by atoms with Crippen molar-refractivity contribution in [1.82, 2.24) is 5.32 Å². The van der Waals surface area contributed by atoms with Gasteiger partial charge in [-0.05, 0) is 61.8 Å². The fourth-order valence-corrected chi connectivity index (χ4v) is 5.86. The van der Waals surface area contributed by atoms with E-state index >= 15 is 0 Å². The summed E-state index contributed by atoms with van der Waals surface area (Å²) in [5.41, 5.74) is 6.08. The minimum atomic E-state index is -0.495. The van der Waals surface area contributed by atoms with Crippen LogP contribution in [0.2, 0.25) is 0 Å². The average Bonchev–Trinajstić information content (AvgIpc) is 2.64. The molecule has 0 saturated heterocycles. The Labute approximate surface area is 166 Å². The number of carbonyl (C=O) groups excluding carboxylic acids is 2. The minimum Gasteiger partial charge on any atom is -0.455 e. The molecule has 5 nitrogen and oxygen atoms in total. The van der Waals surface area contributed by atoms with Crippen molar-refractivity contribution >= 4 is 24.3 Å². The Kier molecular flexibility index (Phi) is 6.11. The van der Waals surface area contributed by atoms with E-state index in [0.29, 0.717) is 6.54 Å². The molecule has 5 rings (SSSR count). The quantitative estimate of drug-likeness (QED) is 0.729. The second kappa shape index (κ2) is 8.19. The molecule has 3 N–H and O–H groups in total. The van der Waals surface area contributed by atoms with Crippen molar-refractivity contribution in [2.24, 2.45) is 28.9 Å². The van der Waals surface area contributed by atoms with Crippen molar-refractivity contribution in [3.8, 4) is 0 Å². The van der Waals surface area contributed by atoms with Gasteiger partial charge in [0.15, 0.2) is 0 Å². The molecule has 148 valence electrons. The first kappa shape index (κ1) is 20.2. The Bertz CT molecular complexity index is 644. The summed E-state index contributed by atoms with van der Waals surface area (Å²) in [6.07, 6.45) is 6.54. The maximum Gasteiger partial charge on any atom is 0.320 e. The molecule has 1 atom stereocenters. The van der Waals surface area contributed by atoms with Gasteiger partial charge in [-0.1, -0.05) is 30.3 Å². The van der Waals surface area contributed by atoms with Crippen LogP contribution < -0.4 is 11.1 Å². The summed E-state index contributed by atoms with van der Waals surface area (Å²) in [4.78, 5) is 24.8. The summed E-state index contributed by atoms with van der Waals surface area (Å²) < 4.78 is 5.48. The lowest BCUT2D eigenvalue weighted by Crippen LogP contribution is -2.54. The van der Waals surface area contributed by atoms with E-state index in [4.69, 9.17) is 10.5 Å². The van der Waals surface area contributed by atoms with Gasteiger partial charge in [0.25, 0.3) is 0 Å². The van der Waals surface area contributed by atoms with Crippen molar-refractivity contribution < 1.29 is 14.3 Å². The molecule has 4 bridgehead atoms. The molecule has 0 aliphatic heterocycles. The van der Waals surface area contributed by atoms with E-state index < -0.39 is 12.1 Å². The lowest BCUT2D eigenvalue weighted by molar-refractivity contribution is -0.151. The molecule has 1 amide bonds. The molecule has 0 unspecified atom stereocenters. The van der Waals surface area contributed by atoms with Crippen molar-refractivity contribution in [3.63, 3.8) is 0 Å². The van der Waals surface area contributed by atoms with E-state index in [9.17, 15) is 9.59 Å². The number of hydrogen-bond acceptors (Lipinski definition) is 4. The second-order valence-corrected chi connectivity index (χ2v) is 8.50. The SMILES string of the molecule is Cl.NCC(=O)O[C@H](CNC(=O)C12CC3CC(CC(C3)C1)C2)c1ccccc1. The van der Waals surface area contributed by atoms with Crippen LogP contribution in [0.4, 0.5) is 0 Å². The molecule has 4 aliphatic rings. The zero-order valence-electron chi connectivity index (χ0n) is 15.6. The summed E-state index contributed by atoms with van der Waals surface area (Å²) in [5.74, 6) is 1.88. The van der Waals surface area contributed by atoms with Crippen LogP contribution in [0.15, 0.2) is 30.3 Å². The molecule has 6 heteroatoms. The zero-order valence-corrected chi connectivity index (χ0v) is 16.4. The average molecular weight is 393 g/mol. The lowest BCUT2D eigenvalue weighted by Gasteiger charge is -2.55. The number of nitrogens with one attached hydrogen (secondary N) is 1. The Balaban J connectivity index is 0.00000210. The number of rotatable bonds is 6. The predicted molar refractivity (Wildman–Crippen MR) is 105 cm³/mol. The minimum absolute atomic E-state index is 0. The summed E-state index contributed by atoms with van der Waals surface area (Å²) in [5, 5.41) is 3.11. The van der Waals surface area contributed by atoms with Gasteiger partial charge in [-0.2, -0.15) is 0 Å². The first-order valence-corrected chi connectivity index (χ1v) is 9.81. The standard InChI is InChI=1S/C21H28N2O3.ClH/c22-12-19(24)26-18(17-4-2-1-3-5-17)13-23-20(25)21-9-14-6-15(10-21)8-16(7-14)11-21;/h1-5,14-16,18H,6-13,22H2,(H,23,25);1H/t14?,15?,16?,18-,21?;/m1./s1. The Morgan fingerprint density at radius 2 is 1.63 bits per heavy atom. The van der Waals surface area contributed by atoms with Gasteiger partial charge >= 0.3 is 5.97 Å². The molecule has 27 heavy (non-hydrogen) atoms. The van der Waals surface area contributed by atoms with Gasteiger partial charge in [0.05, 0.1) is 13.1 Å². The van der Waals surface area contributed by atoms with E-state index in [2.05, 4.69) is 5.32 Å². The van der Waals surface area contributed by atoms with Crippen LogP contribution in [0.25, 0.3) is 0 Å².